The van der Waals surface area contributed by atoms with Crippen molar-refractivity contribution in [3.8, 4) is 5.69 Å². The summed E-state index contributed by atoms with van der Waals surface area (Å²) >= 11 is 0. The molecule has 0 amide bonds. The lowest BCUT2D eigenvalue weighted by molar-refractivity contribution is 0.487. The number of hydrogen-bond donors (Lipinski definition) is 1. The van der Waals surface area contributed by atoms with Crippen LogP contribution in [0.4, 0.5) is 13.2 Å². The fourth-order valence-electron chi connectivity index (χ4n) is 1.39. The molecule has 1 aromatic heterocycles. The van der Waals surface area contributed by atoms with E-state index in [-0.39, 0.29) is 5.69 Å². The Balaban J connectivity index is 2.53. The molecule has 2 rings (SSSR count). The molecule has 0 atom stereocenters. The standard InChI is InChI=1S/C11H11F3N4/c1-11(2,15)9-5-18(17-16-9)8-4-6(12)3-7(13)10(8)14/h3-5H,15H2,1-2H3. The van der Waals surface area contributed by atoms with Gasteiger partial charge in [-0.15, -0.1) is 5.10 Å². The summed E-state index contributed by atoms with van der Waals surface area (Å²) in [7, 11) is 0. The zero-order chi connectivity index (χ0) is 13.5. The third-order valence-electron chi connectivity index (χ3n) is 2.37. The van der Waals surface area contributed by atoms with Gasteiger partial charge in [-0.25, -0.2) is 17.9 Å². The lowest BCUT2D eigenvalue weighted by Gasteiger charge is -2.13. The molecule has 0 saturated heterocycles. The molecular formula is C11H11F3N4. The van der Waals surface area contributed by atoms with Gasteiger partial charge in [-0.2, -0.15) is 0 Å². The normalized spacial score (nSPS) is 11.9. The molecule has 2 N–H and O–H groups in total. The second kappa shape index (κ2) is 4.09. The Kier molecular flexibility index (Phi) is 2.86. The summed E-state index contributed by atoms with van der Waals surface area (Å²) in [4.78, 5) is 0. The van der Waals surface area contributed by atoms with Gasteiger partial charge in [0, 0.05) is 12.1 Å². The Morgan fingerprint density at radius 1 is 1.22 bits per heavy atom. The van der Waals surface area contributed by atoms with Gasteiger partial charge in [0.1, 0.15) is 17.2 Å². The molecule has 0 aliphatic rings. The average molecular weight is 256 g/mol. The van der Waals surface area contributed by atoms with Gasteiger partial charge < -0.3 is 5.73 Å². The highest BCUT2D eigenvalue weighted by Gasteiger charge is 2.20. The van der Waals surface area contributed by atoms with E-state index in [1.54, 1.807) is 13.8 Å². The Bertz CT molecular complexity index is 586. The Labute approximate surface area is 101 Å². The third-order valence-corrected chi connectivity index (χ3v) is 2.37. The maximum atomic E-state index is 13.5. The van der Waals surface area contributed by atoms with Gasteiger partial charge >= 0.3 is 0 Å². The van der Waals surface area contributed by atoms with Crippen LogP contribution >= 0.6 is 0 Å². The minimum atomic E-state index is -1.28. The van der Waals surface area contributed by atoms with Crippen LogP contribution in [-0.2, 0) is 5.54 Å². The van der Waals surface area contributed by atoms with Crippen LogP contribution in [0.3, 0.4) is 0 Å². The van der Waals surface area contributed by atoms with Gasteiger partial charge in [-0.05, 0) is 13.8 Å². The zero-order valence-corrected chi connectivity index (χ0v) is 9.78. The van der Waals surface area contributed by atoms with E-state index in [0.29, 0.717) is 11.8 Å². The summed E-state index contributed by atoms with van der Waals surface area (Å²) in [5, 5.41) is 7.35. The molecule has 0 radical (unpaired) electrons. The molecule has 1 aromatic carbocycles. The van der Waals surface area contributed by atoms with E-state index in [0.717, 1.165) is 10.7 Å². The van der Waals surface area contributed by atoms with Crippen molar-refractivity contribution in [1.29, 1.82) is 0 Å². The summed E-state index contributed by atoms with van der Waals surface area (Å²) < 4.78 is 40.6. The van der Waals surface area contributed by atoms with E-state index >= 15 is 0 Å². The number of rotatable bonds is 2. The molecule has 0 saturated carbocycles. The van der Waals surface area contributed by atoms with Crippen LogP contribution in [0.5, 0.6) is 0 Å². The summed E-state index contributed by atoms with van der Waals surface area (Å²) in [6, 6.07) is 1.30. The second-order valence-electron chi connectivity index (χ2n) is 4.49. The van der Waals surface area contributed by atoms with Crippen molar-refractivity contribution in [2.24, 2.45) is 5.73 Å². The van der Waals surface area contributed by atoms with Crippen molar-refractivity contribution in [2.75, 3.05) is 0 Å². The Morgan fingerprint density at radius 2 is 1.89 bits per heavy atom. The molecule has 1 heterocycles. The van der Waals surface area contributed by atoms with Gasteiger partial charge in [-0.1, -0.05) is 5.21 Å². The number of nitrogens with zero attached hydrogens (tertiary/aromatic N) is 3. The van der Waals surface area contributed by atoms with Crippen molar-refractivity contribution in [3.63, 3.8) is 0 Å². The number of nitrogens with two attached hydrogens (primary N) is 1. The highest BCUT2D eigenvalue weighted by atomic mass is 19.2. The summed E-state index contributed by atoms with van der Waals surface area (Å²) in [6.45, 7) is 3.37. The summed E-state index contributed by atoms with van der Waals surface area (Å²) in [5.41, 5.74) is 5.04. The van der Waals surface area contributed by atoms with Crippen LogP contribution in [0, 0.1) is 17.5 Å². The molecule has 0 spiro atoms. The number of hydrogen-bond acceptors (Lipinski definition) is 3. The van der Waals surface area contributed by atoms with Crippen LogP contribution in [0.2, 0.25) is 0 Å². The lowest BCUT2D eigenvalue weighted by atomic mass is 10.0. The van der Waals surface area contributed by atoms with E-state index in [1.807, 2.05) is 0 Å². The molecule has 4 nitrogen and oxygen atoms in total. The maximum Gasteiger partial charge on any atom is 0.184 e. The van der Waals surface area contributed by atoms with Gasteiger partial charge in [0.25, 0.3) is 0 Å². The highest BCUT2D eigenvalue weighted by Crippen LogP contribution is 2.20. The van der Waals surface area contributed by atoms with E-state index < -0.39 is 23.0 Å². The molecular weight excluding hydrogens is 245 g/mol. The highest BCUT2D eigenvalue weighted by molar-refractivity contribution is 5.34. The summed E-state index contributed by atoms with van der Waals surface area (Å²) in [5.74, 6) is -3.37. The first-order valence-corrected chi connectivity index (χ1v) is 5.15. The van der Waals surface area contributed by atoms with Gasteiger partial charge in [0.2, 0.25) is 0 Å². The molecule has 96 valence electrons. The first kappa shape index (κ1) is 12.6. The fourth-order valence-corrected chi connectivity index (χ4v) is 1.39. The van der Waals surface area contributed by atoms with Crippen LogP contribution in [0.15, 0.2) is 18.3 Å². The van der Waals surface area contributed by atoms with Crippen LogP contribution in [0.1, 0.15) is 19.5 Å². The average Bonchev–Trinajstić information content (AvgIpc) is 2.71. The molecule has 0 bridgehead atoms. The van der Waals surface area contributed by atoms with Crippen molar-refractivity contribution in [1.82, 2.24) is 15.0 Å². The van der Waals surface area contributed by atoms with Gasteiger partial charge in [0.15, 0.2) is 11.6 Å². The molecule has 18 heavy (non-hydrogen) atoms. The fraction of sp³-hybridized carbons (Fsp3) is 0.273. The number of benzene rings is 1. The second-order valence-corrected chi connectivity index (χ2v) is 4.49. The van der Waals surface area contributed by atoms with Crippen molar-refractivity contribution in [3.05, 3.63) is 41.5 Å². The van der Waals surface area contributed by atoms with Gasteiger partial charge in [0.05, 0.1) is 11.7 Å². The SMILES string of the molecule is CC(C)(N)c1cn(-c2cc(F)cc(F)c2F)nn1. The van der Waals surface area contributed by atoms with Crippen LogP contribution in [-0.4, -0.2) is 15.0 Å². The monoisotopic (exact) mass is 256 g/mol. The molecule has 0 aliphatic carbocycles. The maximum absolute atomic E-state index is 13.5. The largest absolute Gasteiger partial charge is 0.320 e. The first-order chi connectivity index (χ1) is 8.29. The molecule has 0 unspecified atom stereocenters. The first-order valence-electron chi connectivity index (χ1n) is 5.15. The lowest BCUT2D eigenvalue weighted by Crippen LogP contribution is -2.29. The van der Waals surface area contributed by atoms with Crippen LogP contribution in [0.25, 0.3) is 5.69 Å². The van der Waals surface area contributed by atoms with E-state index in [1.165, 1.54) is 6.20 Å². The zero-order valence-electron chi connectivity index (χ0n) is 9.78. The van der Waals surface area contributed by atoms with E-state index in [4.69, 9.17) is 5.73 Å². The van der Waals surface area contributed by atoms with E-state index in [9.17, 15) is 13.2 Å². The smallest absolute Gasteiger partial charge is 0.184 e. The molecule has 2 aromatic rings. The third kappa shape index (κ3) is 2.21. The molecule has 0 aliphatic heterocycles. The number of halogens is 3. The minimum Gasteiger partial charge on any atom is -0.320 e. The quantitative estimate of drug-likeness (QED) is 0.835. The predicted molar refractivity (Wildman–Crippen MR) is 58.4 cm³/mol. The molecule has 7 heteroatoms. The topological polar surface area (TPSA) is 56.7 Å². The van der Waals surface area contributed by atoms with Crippen molar-refractivity contribution in [2.45, 2.75) is 19.4 Å². The Hall–Kier alpha value is -1.89. The van der Waals surface area contributed by atoms with Crippen molar-refractivity contribution >= 4 is 0 Å². The Morgan fingerprint density at radius 3 is 2.44 bits per heavy atom. The van der Waals surface area contributed by atoms with Crippen molar-refractivity contribution < 1.29 is 13.2 Å². The minimum absolute atomic E-state index is 0.351. The van der Waals surface area contributed by atoms with Crippen LogP contribution < -0.4 is 5.73 Å². The van der Waals surface area contributed by atoms with Gasteiger partial charge in [-0.3, -0.25) is 0 Å². The molecule has 0 fully saturated rings. The predicted octanol–water partition coefficient (Wildman–Crippen LogP) is 1.88. The van der Waals surface area contributed by atoms with E-state index in [2.05, 4.69) is 10.3 Å². The number of aromatic nitrogens is 3. The summed E-state index contributed by atoms with van der Waals surface area (Å²) in [6.07, 6.45) is 1.33.